The minimum atomic E-state index is -0.298. The van der Waals surface area contributed by atoms with Crippen molar-refractivity contribution in [2.75, 3.05) is 31.1 Å². The molecule has 1 fully saturated rings. The molecule has 1 atom stereocenters. The van der Waals surface area contributed by atoms with E-state index in [2.05, 4.69) is 87.7 Å². The summed E-state index contributed by atoms with van der Waals surface area (Å²) in [5, 5.41) is 0. The van der Waals surface area contributed by atoms with Gasteiger partial charge in [-0.15, -0.1) is 0 Å². The topological polar surface area (TPSA) is 84.6 Å². The van der Waals surface area contributed by atoms with Crippen LogP contribution in [-0.4, -0.2) is 53.0 Å². The van der Waals surface area contributed by atoms with Gasteiger partial charge in [0, 0.05) is 37.4 Å². The second-order valence-corrected chi connectivity index (χ2v) is 10.5. The molecule has 1 aliphatic rings. The van der Waals surface area contributed by atoms with E-state index in [1.165, 1.54) is 5.56 Å². The highest BCUT2D eigenvalue weighted by atomic mass is 16.5. The van der Waals surface area contributed by atoms with Crippen molar-refractivity contribution in [3.8, 4) is 17.1 Å². The Bertz CT molecular complexity index is 1250. The van der Waals surface area contributed by atoms with Crippen LogP contribution in [0.5, 0.6) is 5.75 Å². The zero-order valence-electron chi connectivity index (χ0n) is 22.9. The van der Waals surface area contributed by atoms with E-state index in [-0.39, 0.29) is 18.5 Å². The third-order valence-electron chi connectivity index (χ3n) is 7.23. The Morgan fingerprint density at radius 3 is 2.49 bits per heavy atom. The van der Waals surface area contributed by atoms with Gasteiger partial charge in [0.05, 0.1) is 12.1 Å². The number of benzene rings is 2. The van der Waals surface area contributed by atoms with Crippen LogP contribution in [0.15, 0.2) is 42.6 Å². The molecule has 0 radical (unpaired) electrons. The third-order valence-corrected chi connectivity index (χ3v) is 7.23. The first kappa shape index (κ1) is 26.6. The number of rotatable bonds is 8. The summed E-state index contributed by atoms with van der Waals surface area (Å²) in [4.78, 5) is 25.8. The largest absolute Gasteiger partial charge is 0.488 e. The summed E-state index contributed by atoms with van der Waals surface area (Å²) >= 11 is 0. The van der Waals surface area contributed by atoms with Gasteiger partial charge in [0.25, 0.3) is 0 Å². The molecule has 2 N–H and O–H groups in total. The van der Waals surface area contributed by atoms with Gasteiger partial charge >= 0.3 is 0 Å². The number of primary amides is 1. The lowest BCUT2D eigenvalue weighted by Crippen LogP contribution is -2.54. The molecule has 0 spiro atoms. The molecule has 0 unspecified atom stereocenters. The number of carbonyl (C=O) groups excluding carboxylic acids is 1. The average Bonchev–Trinajstić information content (AvgIpc) is 2.84. The van der Waals surface area contributed by atoms with Crippen LogP contribution >= 0.6 is 0 Å². The minimum absolute atomic E-state index is 0.165. The van der Waals surface area contributed by atoms with Crippen molar-refractivity contribution in [2.45, 2.75) is 60.1 Å². The summed E-state index contributed by atoms with van der Waals surface area (Å²) in [5.74, 6) is 2.62. The van der Waals surface area contributed by atoms with Gasteiger partial charge in [0.15, 0.2) is 5.82 Å². The summed E-state index contributed by atoms with van der Waals surface area (Å²) in [6.07, 6.45) is 1.91. The van der Waals surface area contributed by atoms with Gasteiger partial charge in [0.2, 0.25) is 5.91 Å². The lowest BCUT2D eigenvalue weighted by molar-refractivity contribution is -0.119. The molecule has 1 aromatic heterocycles. The Kier molecular flexibility index (Phi) is 8.13. The second kappa shape index (κ2) is 11.3. The predicted octanol–water partition coefficient (Wildman–Crippen LogP) is 4.77. The summed E-state index contributed by atoms with van der Waals surface area (Å²) < 4.78 is 6.36. The quantitative estimate of drug-likeness (QED) is 0.479. The fraction of sp³-hybridized carbons (Fsp3) is 0.433. The maximum Gasteiger partial charge on any atom is 0.231 e. The zero-order valence-corrected chi connectivity index (χ0v) is 22.9. The van der Waals surface area contributed by atoms with Crippen molar-refractivity contribution < 1.29 is 9.53 Å². The maximum absolute atomic E-state index is 11.5. The fourth-order valence-corrected chi connectivity index (χ4v) is 4.97. The molecule has 7 nitrogen and oxygen atoms in total. The second-order valence-electron chi connectivity index (χ2n) is 10.5. The van der Waals surface area contributed by atoms with E-state index in [0.29, 0.717) is 12.5 Å². The Morgan fingerprint density at radius 1 is 1.11 bits per heavy atom. The van der Waals surface area contributed by atoms with Crippen molar-refractivity contribution in [3.05, 3.63) is 70.4 Å². The number of piperazine rings is 1. The molecule has 2 heterocycles. The van der Waals surface area contributed by atoms with Crippen LogP contribution in [-0.2, 0) is 11.4 Å². The first-order chi connectivity index (χ1) is 17.6. The molecule has 1 amide bonds. The number of amides is 1. The van der Waals surface area contributed by atoms with Gasteiger partial charge in [0.1, 0.15) is 18.2 Å². The monoisotopic (exact) mass is 501 g/mol. The molecular weight excluding hydrogens is 462 g/mol. The van der Waals surface area contributed by atoms with Crippen LogP contribution < -0.4 is 15.4 Å². The molecule has 3 aromatic rings. The number of nitrogens with two attached hydrogens (primary N) is 1. The number of ether oxygens (including phenoxy) is 1. The molecule has 0 aliphatic carbocycles. The van der Waals surface area contributed by atoms with Crippen molar-refractivity contribution in [1.82, 2.24) is 14.9 Å². The van der Waals surface area contributed by atoms with Gasteiger partial charge in [-0.2, -0.15) is 0 Å². The van der Waals surface area contributed by atoms with Crippen LogP contribution in [0.4, 0.5) is 5.82 Å². The van der Waals surface area contributed by atoms with E-state index >= 15 is 0 Å². The van der Waals surface area contributed by atoms with Crippen molar-refractivity contribution in [3.63, 3.8) is 0 Å². The summed E-state index contributed by atoms with van der Waals surface area (Å²) in [7, 11) is 0. The van der Waals surface area contributed by atoms with E-state index in [9.17, 15) is 4.79 Å². The summed E-state index contributed by atoms with van der Waals surface area (Å²) in [6.45, 7) is 15.6. The number of anilines is 1. The zero-order chi connectivity index (χ0) is 26.7. The Morgan fingerprint density at radius 2 is 1.84 bits per heavy atom. The number of nitrogens with zero attached hydrogens (tertiary/aromatic N) is 4. The molecule has 1 aliphatic heterocycles. The van der Waals surface area contributed by atoms with Crippen LogP contribution in [0.3, 0.4) is 0 Å². The van der Waals surface area contributed by atoms with E-state index in [4.69, 9.17) is 20.4 Å². The molecule has 1 saturated heterocycles. The molecule has 2 aromatic carbocycles. The van der Waals surface area contributed by atoms with E-state index in [1.807, 2.05) is 6.20 Å². The van der Waals surface area contributed by atoms with Gasteiger partial charge in [-0.1, -0.05) is 44.2 Å². The van der Waals surface area contributed by atoms with Crippen LogP contribution in [0.2, 0.25) is 0 Å². The molecule has 0 saturated carbocycles. The predicted molar refractivity (Wildman–Crippen MR) is 149 cm³/mol. The Balaban J connectivity index is 1.68. The highest BCUT2D eigenvalue weighted by Gasteiger charge is 2.27. The average molecular weight is 502 g/mol. The number of aryl methyl sites for hydroxylation is 3. The molecule has 7 heteroatoms. The Hall–Kier alpha value is -3.45. The molecule has 0 bridgehead atoms. The van der Waals surface area contributed by atoms with Gasteiger partial charge < -0.3 is 15.4 Å². The SMILES string of the molecule is Cc1ccc(C(C)C)cc1OCc1cnc(-c2c(C)cccc2C)nc1N1CCN(CC(N)=O)[C@H](C)C1. The first-order valence-corrected chi connectivity index (χ1v) is 13.1. The number of hydrogen-bond acceptors (Lipinski definition) is 6. The van der Waals surface area contributed by atoms with Gasteiger partial charge in [-0.05, 0) is 61.9 Å². The third kappa shape index (κ3) is 6.10. The molecular formula is C30H39N5O2. The molecule has 37 heavy (non-hydrogen) atoms. The summed E-state index contributed by atoms with van der Waals surface area (Å²) in [5.41, 5.74) is 12.1. The van der Waals surface area contributed by atoms with E-state index in [0.717, 1.165) is 64.8 Å². The maximum atomic E-state index is 11.5. The summed E-state index contributed by atoms with van der Waals surface area (Å²) in [6, 6.07) is 12.8. The van der Waals surface area contributed by atoms with E-state index in [1.54, 1.807) is 0 Å². The lowest BCUT2D eigenvalue weighted by atomic mass is 10.0. The normalized spacial score (nSPS) is 16.3. The van der Waals surface area contributed by atoms with Crippen molar-refractivity contribution in [2.24, 2.45) is 5.73 Å². The van der Waals surface area contributed by atoms with Crippen LogP contribution in [0, 0.1) is 20.8 Å². The lowest BCUT2D eigenvalue weighted by Gasteiger charge is -2.40. The van der Waals surface area contributed by atoms with Crippen molar-refractivity contribution in [1.29, 1.82) is 0 Å². The highest BCUT2D eigenvalue weighted by Crippen LogP contribution is 2.30. The number of hydrogen-bond donors (Lipinski definition) is 1. The fourth-order valence-electron chi connectivity index (χ4n) is 4.97. The van der Waals surface area contributed by atoms with Crippen molar-refractivity contribution >= 4 is 11.7 Å². The highest BCUT2D eigenvalue weighted by molar-refractivity contribution is 5.76. The first-order valence-electron chi connectivity index (χ1n) is 13.1. The molecule has 196 valence electrons. The molecule has 4 rings (SSSR count). The smallest absolute Gasteiger partial charge is 0.231 e. The number of carbonyl (C=O) groups is 1. The minimum Gasteiger partial charge on any atom is -0.488 e. The van der Waals surface area contributed by atoms with Gasteiger partial charge in [-0.25, -0.2) is 9.97 Å². The number of aromatic nitrogens is 2. The van der Waals surface area contributed by atoms with E-state index < -0.39 is 0 Å². The van der Waals surface area contributed by atoms with Crippen LogP contribution in [0.25, 0.3) is 11.4 Å². The van der Waals surface area contributed by atoms with Crippen LogP contribution in [0.1, 0.15) is 54.5 Å². The Labute approximate surface area is 220 Å². The standard InChI is InChI=1S/C30H39N5O2/c1-19(2)24-11-10-20(3)26(14-24)37-18-25-15-32-29(28-21(4)8-7-9-22(28)5)33-30(25)35-13-12-34(17-27(31)36)23(6)16-35/h7-11,14-15,19,23H,12-13,16-18H2,1-6H3,(H2,31,36)/t23-/m1/s1. The van der Waals surface area contributed by atoms with Gasteiger partial charge in [-0.3, -0.25) is 9.69 Å².